The summed E-state index contributed by atoms with van der Waals surface area (Å²) in [7, 11) is 1.68. The van der Waals surface area contributed by atoms with Gasteiger partial charge in [-0.1, -0.05) is 31.2 Å². The highest BCUT2D eigenvalue weighted by Gasteiger charge is 2.22. The van der Waals surface area contributed by atoms with E-state index in [4.69, 9.17) is 9.47 Å². The van der Waals surface area contributed by atoms with Gasteiger partial charge in [-0.3, -0.25) is 0 Å². The van der Waals surface area contributed by atoms with Crippen molar-refractivity contribution < 1.29 is 14.3 Å². The lowest BCUT2D eigenvalue weighted by molar-refractivity contribution is 0.191. The molecule has 0 aromatic heterocycles. The zero-order valence-electron chi connectivity index (χ0n) is 16.7. The molecule has 28 heavy (non-hydrogen) atoms. The molecule has 1 heterocycles. The van der Waals surface area contributed by atoms with E-state index in [0.717, 1.165) is 36.7 Å². The third-order valence-electron chi connectivity index (χ3n) is 4.95. The number of rotatable bonds is 7. The molecule has 0 spiro atoms. The van der Waals surface area contributed by atoms with Crippen LogP contribution in [0.15, 0.2) is 48.5 Å². The van der Waals surface area contributed by atoms with E-state index in [1.165, 1.54) is 5.56 Å². The monoisotopic (exact) mass is 383 g/mol. The molecule has 1 saturated heterocycles. The van der Waals surface area contributed by atoms with Crippen LogP contribution in [0.3, 0.4) is 0 Å². The SMILES string of the molecule is CCc1cccc(OCCNC(=O)N2CCN(c3ccccc3OC)CC2)c1. The Balaban J connectivity index is 1.40. The second-order valence-corrected chi connectivity index (χ2v) is 6.73. The molecule has 0 bridgehead atoms. The Morgan fingerprint density at radius 2 is 1.86 bits per heavy atom. The van der Waals surface area contributed by atoms with E-state index in [1.807, 2.05) is 41.3 Å². The highest BCUT2D eigenvalue weighted by molar-refractivity contribution is 5.74. The van der Waals surface area contributed by atoms with Crippen LogP contribution in [0.5, 0.6) is 11.5 Å². The maximum atomic E-state index is 12.4. The van der Waals surface area contributed by atoms with Crippen LogP contribution in [0.1, 0.15) is 12.5 Å². The average Bonchev–Trinajstić information content (AvgIpc) is 2.76. The number of carbonyl (C=O) groups is 1. The number of aryl methyl sites for hydroxylation is 1. The average molecular weight is 383 g/mol. The molecule has 0 radical (unpaired) electrons. The van der Waals surface area contributed by atoms with Gasteiger partial charge in [-0.25, -0.2) is 4.79 Å². The number of ether oxygens (including phenoxy) is 2. The summed E-state index contributed by atoms with van der Waals surface area (Å²) in [5, 5.41) is 2.95. The van der Waals surface area contributed by atoms with Gasteiger partial charge in [0.1, 0.15) is 18.1 Å². The number of amides is 2. The molecule has 3 rings (SSSR count). The molecule has 6 heteroatoms. The molecule has 1 N–H and O–H groups in total. The topological polar surface area (TPSA) is 54.0 Å². The number of anilines is 1. The number of nitrogens with one attached hydrogen (secondary N) is 1. The van der Waals surface area contributed by atoms with Crippen molar-refractivity contribution in [3.8, 4) is 11.5 Å². The van der Waals surface area contributed by atoms with E-state index >= 15 is 0 Å². The zero-order valence-corrected chi connectivity index (χ0v) is 16.7. The number of nitrogens with zero attached hydrogens (tertiary/aromatic N) is 2. The van der Waals surface area contributed by atoms with Gasteiger partial charge in [0.25, 0.3) is 0 Å². The van der Waals surface area contributed by atoms with Crippen molar-refractivity contribution in [2.45, 2.75) is 13.3 Å². The summed E-state index contributed by atoms with van der Waals surface area (Å²) in [5.74, 6) is 1.71. The summed E-state index contributed by atoms with van der Waals surface area (Å²) in [6.07, 6.45) is 0.981. The molecular weight excluding hydrogens is 354 g/mol. The molecule has 0 saturated carbocycles. The van der Waals surface area contributed by atoms with E-state index in [9.17, 15) is 4.79 Å². The third kappa shape index (κ3) is 5.09. The van der Waals surface area contributed by atoms with Gasteiger partial charge >= 0.3 is 6.03 Å². The van der Waals surface area contributed by atoms with Gasteiger partial charge < -0.3 is 24.6 Å². The van der Waals surface area contributed by atoms with Crippen LogP contribution >= 0.6 is 0 Å². The van der Waals surface area contributed by atoms with Gasteiger partial charge in [-0.2, -0.15) is 0 Å². The van der Waals surface area contributed by atoms with Crippen LogP contribution < -0.4 is 19.7 Å². The summed E-state index contributed by atoms with van der Waals surface area (Å²) in [4.78, 5) is 16.5. The van der Waals surface area contributed by atoms with E-state index in [0.29, 0.717) is 26.2 Å². The Morgan fingerprint density at radius 3 is 2.61 bits per heavy atom. The molecule has 2 aromatic carbocycles. The number of para-hydroxylation sites is 2. The molecular formula is C22H29N3O3. The Kier molecular flexibility index (Phi) is 7.00. The standard InChI is InChI=1S/C22H29N3O3/c1-3-18-7-6-8-19(17-18)28-16-11-23-22(26)25-14-12-24(13-15-25)20-9-4-5-10-21(20)27-2/h4-10,17H,3,11-16H2,1-2H3,(H,23,26). The molecule has 150 valence electrons. The molecule has 0 unspecified atom stereocenters. The fourth-order valence-corrected chi connectivity index (χ4v) is 3.34. The second-order valence-electron chi connectivity index (χ2n) is 6.73. The molecule has 1 aliphatic rings. The second kappa shape index (κ2) is 9.88. The van der Waals surface area contributed by atoms with E-state index < -0.39 is 0 Å². The summed E-state index contributed by atoms with van der Waals surface area (Å²) in [6.45, 7) is 6.00. The first kappa shape index (κ1) is 19.9. The molecule has 0 aliphatic carbocycles. The highest BCUT2D eigenvalue weighted by Crippen LogP contribution is 2.28. The van der Waals surface area contributed by atoms with Gasteiger partial charge in [0.05, 0.1) is 19.3 Å². The zero-order chi connectivity index (χ0) is 19.8. The largest absolute Gasteiger partial charge is 0.495 e. The van der Waals surface area contributed by atoms with Crippen LogP contribution in [-0.4, -0.2) is 57.4 Å². The van der Waals surface area contributed by atoms with Crippen molar-refractivity contribution >= 4 is 11.7 Å². The summed E-state index contributed by atoms with van der Waals surface area (Å²) in [6, 6.07) is 16.0. The Labute approximate surface area is 167 Å². The molecule has 0 atom stereocenters. The minimum atomic E-state index is -0.0365. The van der Waals surface area contributed by atoms with Crippen molar-refractivity contribution in [2.24, 2.45) is 0 Å². The van der Waals surface area contributed by atoms with Crippen molar-refractivity contribution in [1.82, 2.24) is 10.2 Å². The number of hydrogen-bond acceptors (Lipinski definition) is 4. The molecule has 1 aliphatic heterocycles. The van der Waals surface area contributed by atoms with Crippen molar-refractivity contribution in [2.75, 3.05) is 51.3 Å². The van der Waals surface area contributed by atoms with Crippen molar-refractivity contribution in [3.05, 3.63) is 54.1 Å². The van der Waals surface area contributed by atoms with E-state index in [-0.39, 0.29) is 6.03 Å². The lowest BCUT2D eigenvalue weighted by Crippen LogP contribution is -2.52. The number of benzene rings is 2. The first-order chi connectivity index (χ1) is 13.7. The molecule has 6 nitrogen and oxygen atoms in total. The predicted molar refractivity (Wildman–Crippen MR) is 111 cm³/mol. The van der Waals surface area contributed by atoms with Gasteiger partial charge in [0, 0.05) is 26.2 Å². The minimum Gasteiger partial charge on any atom is -0.495 e. The maximum absolute atomic E-state index is 12.4. The minimum absolute atomic E-state index is 0.0365. The van der Waals surface area contributed by atoms with Crippen molar-refractivity contribution in [3.63, 3.8) is 0 Å². The Morgan fingerprint density at radius 1 is 1.07 bits per heavy atom. The number of methoxy groups -OCH3 is 1. The Bertz CT molecular complexity index is 773. The van der Waals surface area contributed by atoms with Crippen LogP contribution in [0.4, 0.5) is 10.5 Å². The normalized spacial score (nSPS) is 13.9. The highest BCUT2D eigenvalue weighted by atomic mass is 16.5. The number of hydrogen-bond donors (Lipinski definition) is 1. The number of carbonyl (C=O) groups excluding carboxylic acids is 1. The van der Waals surface area contributed by atoms with Crippen molar-refractivity contribution in [1.29, 1.82) is 0 Å². The summed E-state index contributed by atoms with van der Waals surface area (Å²) < 4.78 is 11.2. The maximum Gasteiger partial charge on any atom is 0.317 e. The van der Waals surface area contributed by atoms with Crippen LogP contribution in [0.25, 0.3) is 0 Å². The predicted octanol–water partition coefficient (Wildman–Crippen LogP) is 3.17. The van der Waals surface area contributed by atoms with E-state index in [2.05, 4.69) is 29.3 Å². The van der Waals surface area contributed by atoms with Gasteiger partial charge in [0.2, 0.25) is 0 Å². The summed E-state index contributed by atoms with van der Waals surface area (Å²) >= 11 is 0. The number of piperazine rings is 1. The van der Waals surface area contributed by atoms with Crippen LogP contribution in [0, 0.1) is 0 Å². The fourth-order valence-electron chi connectivity index (χ4n) is 3.34. The molecule has 2 amide bonds. The van der Waals surface area contributed by atoms with Gasteiger partial charge in [-0.05, 0) is 36.2 Å². The van der Waals surface area contributed by atoms with E-state index in [1.54, 1.807) is 7.11 Å². The fraction of sp³-hybridized carbons (Fsp3) is 0.409. The van der Waals surface area contributed by atoms with Gasteiger partial charge in [0.15, 0.2) is 0 Å². The Hall–Kier alpha value is -2.89. The first-order valence-corrected chi connectivity index (χ1v) is 9.83. The smallest absolute Gasteiger partial charge is 0.317 e. The number of urea groups is 1. The quantitative estimate of drug-likeness (QED) is 0.746. The summed E-state index contributed by atoms with van der Waals surface area (Å²) in [5.41, 5.74) is 2.32. The lowest BCUT2D eigenvalue weighted by Gasteiger charge is -2.36. The van der Waals surface area contributed by atoms with Crippen LogP contribution in [-0.2, 0) is 6.42 Å². The lowest BCUT2D eigenvalue weighted by atomic mass is 10.2. The van der Waals surface area contributed by atoms with Crippen LogP contribution in [0.2, 0.25) is 0 Å². The third-order valence-corrected chi connectivity index (χ3v) is 4.95. The molecule has 2 aromatic rings. The first-order valence-electron chi connectivity index (χ1n) is 9.83. The molecule has 1 fully saturated rings. The van der Waals surface area contributed by atoms with Gasteiger partial charge in [-0.15, -0.1) is 0 Å².